The summed E-state index contributed by atoms with van der Waals surface area (Å²) in [7, 11) is 0. The summed E-state index contributed by atoms with van der Waals surface area (Å²) in [5, 5.41) is 3.52. The van der Waals surface area contributed by atoms with Gasteiger partial charge in [0, 0.05) is 17.6 Å². The molecule has 0 saturated heterocycles. The molecule has 2 rings (SSSR count). The molecule has 2 aromatic rings. The Hall–Kier alpha value is -2.26. The molecule has 0 atom stereocenters. The third-order valence-electron chi connectivity index (χ3n) is 3.50. The van der Waals surface area contributed by atoms with E-state index in [1.165, 1.54) is 11.6 Å². The summed E-state index contributed by atoms with van der Waals surface area (Å²) in [4.78, 5) is 11.8. The first-order valence-corrected chi connectivity index (χ1v) is 8.49. The van der Waals surface area contributed by atoms with Crippen LogP contribution >= 0.6 is 11.6 Å². The average molecular weight is 344 g/mol. The predicted molar refractivity (Wildman–Crippen MR) is 99.4 cm³/mol. The molecule has 0 heterocycles. The Morgan fingerprint density at radius 1 is 1.17 bits per heavy atom. The minimum atomic E-state index is -0.110. The quantitative estimate of drug-likeness (QED) is 0.566. The van der Waals surface area contributed by atoms with E-state index in [0.29, 0.717) is 18.2 Å². The van der Waals surface area contributed by atoms with Crippen molar-refractivity contribution in [1.82, 2.24) is 5.32 Å². The van der Waals surface area contributed by atoms with Gasteiger partial charge in [0.15, 0.2) is 0 Å². The lowest BCUT2D eigenvalue weighted by molar-refractivity contribution is -0.116. The zero-order valence-corrected chi connectivity index (χ0v) is 14.6. The number of rotatable bonds is 8. The monoisotopic (exact) mass is 343 g/mol. The van der Waals surface area contributed by atoms with Gasteiger partial charge in [-0.05, 0) is 55.2 Å². The fraction of sp³-hybridized carbons (Fsp3) is 0.250. The second-order valence-electron chi connectivity index (χ2n) is 5.33. The molecule has 126 valence electrons. The maximum Gasteiger partial charge on any atom is 0.244 e. The summed E-state index contributed by atoms with van der Waals surface area (Å²) >= 11 is 6.04. The van der Waals surface area contributed by atoms with Crippen molar-refractivity contribution in [3.05, 3.63) is 70.8 Å². The van der Waals surface area contributed by atoms with Gasteiger partial charge in [0.2, 0.25) is 5.91 Å². The second-order valence-corrected chi connectivity index (χ2v) is 5.73. The van der Waals surface area contributed by atoms with Crippen molar-refractivity contribution in [3.63, 3.8) is 0 Å². The SMILES string of the molecule is CCOc1ccc(CCCNC(=O)/C=C/c2ccccc2Cl)cc1. The van der Waals surface area contributed by atoms with Crippen molar-refractivity contribution in [2.24, 2.45) is 0 Å². The molecule has 1 amide bonds. The summed E-state index contributed by atoms with van der Waals surface area (Å²) in [5.74, 6) is 0.779. The molecule has 0 radical (unpaired) electrons. The van der Waals surface area contributed by atoms with Crippen LogP contribution in [0.1, 0.15) is 24.5 Å². The highest BCUT2D eigenvalue weighted by Gasteiger charge is 1.99. The van der Waals surface area contributed by atoms with Gasteiger partial charge in [0.25, 0.3) is 0 Å². The fourth-order valence-electron chi connectivity index (χ4n) is 2.26. The summed E-state index contributed by atoms with van der Waals surface area (Å²) in [5.41, 5.74) is 2.07. The fourth-order valence-corrected chi connectivity index (χ4v) is 2.46. The van der Waals surface area contributed by atoms with Crippen LogP contribution in [-0.2, 0) is 11.2 Å². The molecule has 0 aliphatic carbocycles. The van der Waals surface area contributed by atoms with Crippen LogP contribution in [-0.4, -0.2) is 19.1 Å². The standard InChI is InChI=1S/C20H22ClNO2/c1-2-24-18-12-9-16(10-13-18)6-5-15-22-20(23)14-11-17-7-3-4-8-19(17)21/h3-4,7-14H,2,5-6,15H2,1H3,(H,22,23)/b14-11+. The Bertz CT molecular complexity index is 680. The molecule has 0 aliphatic heterocycles. The Labute approximate surface area is 148 Å². The summed E-state index contributed by atoms with van der Waals surface area (Å²) < 4.78 is 5.42. The van der Waals surface area contributed by atoms with E-state index in [2.05, 4.69) is 17.4 Å². The van der Waals surface area contributed by atoms with E-state index in [4.69, 9.17) is 16.3 Å². The molecule has 0 bridgehead atoms. The van der Waals surface area contributed by atoms with E-state index in [9.17, 15) is 4.79 Å². The van der Waals surface area contributed by atoms with Gasteiger partial charge in [0.1, 0.15) is 5.75 Å². The molecule has 0 spiro atoms. The van der Waals surface area contributed by atoms with Gasteiger partial charge < -0.3 is 10.1 Å². The van der Waals surface area contributed by atoms with Gasteiger partial charge in [-0.25, -0.2) is 0 Å². The van der Waals surface area contributed by atoms with Gasteiger partial charge >= 0.3 is 0 Å². The number of aryl methyl sites for hydroxylation is 1. The van der Waals surface area contributed by atoms with Crippen molar-refractivity contribution >= 4 is 23.6 Å². The molecular formula is C20H22ClNO2. The number of carbonyl (C=O) groups is 1. The number of halogens is 1. The number of ether oxygens (including phenoxy) is 1. The highest BCUT2D eigenvalue weighted by atomic mass is 35.5. The molecule has 3 nitrogen and oxygen atoms in total. The highest BCUT2D eigenvalue weighted by Crippen LogP contribution is 2.16. The van der Waals surface area contributed by atoms with Gasteiger partial charge in [-0.1, -0.05) is 41.9 Å². The molecule has 1 N–H and O–H groups in total. The van der Waals surface area contributed by atoms with Gasteiger partial charge in [-0.3, -0.25) is 4.79 Å². The largest absolute Gasteiger partial charge is 0.494 e. The van der Waals surface area contributed by atoms with Crippen LogP contribution in [0.5, 0.6) is 5.75 Å². The van der Waals surface area contributed by atoms with Crippen LogP contribution in [0.25, 0.3) is 6.08 Å². The number of nitrogens with one attached hydrogen (secondary N) is 1. The van der Waals surface area contributed by atoms with Crippen molar-refractivity contribution < 1.29 is 9.53 Å². The third-order valence-corrected chi connectivity index (χ3v) is 3.84. The van der Waals surface area contributed by atoms with E-state index in [1.807, 2.05) is 37.3 Å². The van der Waals surface area contributed by atoms with Gasteiger partial charge in [-0.2, -0.15) is 0 Å². The highest BCUT2D eigenvalue weighted by molar-refractivity contribution is 6.32. The van der Waals surface area contributed by atoms with E-state index < -0.39 is 0 Å². The summed E-state index contributed by atoms with van der Waals surface area (Å²) in [6.07, 6.45) is 5.04. The molecule has 24 heavy (non-hydrogen) atoms. The Kier molecular flexibility index (Phi) is 7.37. The van der Waals surface area contributed by atoms with E-state index in [0.717, 1.165) is 24.2 Å². The van der Waals surface area contributed by atoms with Crippen molar-refractivity contribution in [1.29, 1.82) is 0 Å². The maximum absolute atomic E-state index is 11.8. The topological polar surface area (TPSA) is 38.3 Å². The van der Waals surface area contributed by atoms with Crippen molar-refractivity contribution in [2.75, 3.05) is 13.2 Å². The van der Waals surface area contributed by atoms with Gasteiger partial charge in [0.05, 0.1) is 6.61 Å². The molecule has 0 saturated carbocycles. The van der Waals surface area contributed by atoms with Crippen molar-refractivity contribution in [2.45, 2.75) is 19.8 Å². The van der Waals surface area contributed by atoms with Crippen LogP contribution in [0.2, 0.25) is 5.02 Å². The molecule has 0 fully saturated rings. The molecule has 0 aromatic heterocycles. The normalized spacial score (nSPS) is 10.8. The smallest absolute Gasteiger partial charge is 0.244 e. The number of hydrogen-bond donors (Lipinski definition) is 1. The van der Waals surface area contributed by atoms with Crippen LogP contribution in [0, 0.1) is 0 Å². The lowest BCUT2D eigenvalue weighted by Crippen LogP contribution is -2.22. The minimum absolute atomic E-state index is 0.110. The first-order valence-electron chi connectivity index (χ1n) is 8.11. The Morgan fingerprint density at radius 3 is 2.62 bits per heavy atom. The summed E-state index contributed by atoms with van der Waals surface area (Å²) in [6.45, 7) is 3.28. The molecule has 4 heteroatoms. The second kappa shape index (κ2) is 9.78. The van der Waals surface area contributed by atoms with Gasteiger partial charge in [-0.15, -0.1) is 0 Å². The zero-order valence-electron chi connectivity index (χ0n) is 13.8. The minimum Gasteiger partial charge on any atom is -0.494 e. The average Bonchev–Trinajstić information content (AvgIpc) is 2.60. The number of amides is 1. The number of benzene rings is 2. The lowest BCUT2D eigenvalue weighted by Gasteiger charge is -2.05. The first kappa shape index (κ1) is 18.1. The maximum atomic E-state index is 11.8. The molecule has 0 aliphatic rings. The van der Waals surface area contributed by atoms with Crippen LogP contribution < -0.4 is 10.1 Å². The van der Waals surface area contributed by atoms with E-state index in [1.54, 1.807) is 12.1 Å². The number of carbonyl (C=O) groups excluding carboxylic acids is 1. The van der Waals surface area contributed by atoms with E-state index >= 15 is 0 Å². The summed E-state index contributed by atoms with van der Waals surface area (Å²) in [6, 6.07) is 15.5. The van der Waals surface area contributed by atoms with Crippen LogP contribution in [0.3, 0.4) is 0 Å². The van der Waals surface area contributed by atoms with Crippen molar-refractivity contribution in [3.8, 4) is 5.75 Å². The third kappa shape index (κ3) is 6.09. The first-order chi connectivity index (χ1) is 11.7. The van der Waals surface area contributed by atoms with E-state index in [-0.39, 0.29) is 5.91 Å². The lowest BCUT2D eigenvalue weighted by atomic mass is 10.1. The predicted octanol–water partition coefficient (Wildman–Crippen LogP) is 4.50. The number of hydrogen-bond acceptors (Lipinski definition) is 2. The molecule has 2 aromatic carbocycles. The van der Waals surface area contributed by atoms with Crippen LogP contribution in [0.4, 0.5) is 0 Å². The van der Waals surface area contributed by atoms with Crippen LogP contribution in [0.15, 0.2) is 54.6 Å². The molecule has 0 unspecified atom stereocenters. The Balaban J connectivity index is 1.70. The Morgan fingerprint density at radius 2 is 1.92 bits per heavy atom. The zero-order chi connectivity index (χ0) is 17.2. The molecular weight excluding hydrogens is 322 g/mol.